The molecule has 1 amide bonds. The highest BCUT2D eigenvalue weighted by molar-refractivity contribution is 6.31. The van der Waals surface area contributed by atoms with Gasteiger partial charge in [-0.25, -0.2) is 4.98 Å². The highest BCUT2D eigenvalue weighted by atomic mass is 35.5. The van der Waals surface area contributed by atoms with Crippen LogP contribution in [0.15, 0.2) is 30.3 Å². The number of hydrogen-bond donors (Lipinski definition) is 1. The van der Waals surface area contributed by atoms with Gasteiger partial charge in [0.05, 0.1) is 23.9 Å². The Balaban J connectivity index is 1.62. The smallest absolute Gasteiger partial charge is 0.257 e. The molecule has 1 unspecified atom stereocenters. The molecule has 0 saturated carbocycles. The number of anilines is 2. The van der Waals surface area contributed by atoms with Gasteiger partial charge in [0.15, 0.2) is 5.65 Å². The van der Waals surface area contributed by atoms with Crippen molar-refractivity contribution in [1.29, 1.82) is 0 Å². The normalized spacial score (nSPS) is 21.2. The van der Waals surface area contributed by atoms with E-state index < -0.39 is 0 Å². The molecular formula is C27H36ClN7O2. The van der Waals surface area contributed by atoms with E-state index >= 15 is 0 Å². The fourth-order valence-corrected chi connectivity index (χ4v) is 5.51. The van der Waals surface area contributed by atoms with Crippen molar-refractivity contribution in [1.82, 2.24) is 19.5 Å². The molecule has 2 N–H and O–H groups in total. The average Bonchev–Trinajstić information content (AvgIpc) is 3.52. The van der Waals surface area contributed by atoms with Gasteiger partial charge < -0.3 is 25.2 Å². The maximum Gasteiger partial charge on any atom is 0.257 e. The van der Waals surface area contributed by atoms with E-state index in [9.17, 15) is 4.79 Å². The van der Waals surface area contributed by atoms with Gasteiger partial charge in [0.25, 0.3) is 5.91 Å². The number of ether oxygens (including phenoxy) is 1. The van der Waals surface area contributed by atoms with Gasteiger partial charge in [-0.2, -0.15) is 9.61 Å². The van der Waals surface area contributed by atoms with E-state index in [2.05, 4.69) is 29.7 Å². The summed E-state index contributed by atoms with van der Waals surface area (Å²) in [5.74, 6) is 2.34. The highest BCUT2D eigenvalue weighted by Gasteiger charge is 2.28. The van der Waals surface area contributed by atoms with Gasteiger partial charge in [-0.05, 0) is 50.8 Å². The van der Waals surface area contributed by atoms with E-state index in [4.69, 9.17) is 32.2 Å². The van der Waals surface area contributed by atoms with Crippen LogP contribution < -0.4 is 20.3 Å². The van der Waals surface area contributed by atoms with Crippen LogP contribution >= 0.6 is 11.6 Å². The lowest BCUT2D eigenvalue weighted by atomic mass is 10.1. The molecule has 2 aromatic heterocycles. The van der Waals surface area contributed by atoms with Gasteiger partial charge in [0.2, 0.25) is 0 Å². The number of rotatable bonds is 3. The Morgan fingerprint density at radius 1 is 1.16 bits per heavy atom. The second-order valence-corrected chi connectivity index (χ2v) is 10.4. The number of fused-ring (bicyclic) bond motifs is 2. The monoisotopic (exact) mass is 525 g/mol. The van der Waals surface area contributed by atoms with E-state index in [0.717, 1.165) is 68.4 Å². The summed E-state index contributed by atoms with van der Waals surface area (Å²) in [4.78, 5) is 25.0. The molecule has 0 spiro atoms. The van der Waals surface area contributed by atoms with Crippen LogP contribution in [0.1, 0.15) is 61.6 Å². The van der Waals surface area contributed by atoms with Gasteiger partial charge in [0.1, 0.15) is 17.4 Å². The van der Waals surface area contributed by atoms with Crippen molar-refractivity contribution in [3.63, 3.8) is 0 Å². The van der Waals surface area contributed by atoms with Crippen molar-refractivity contribution in [3.05, 3.63) is 46.6 Å². The maximum atomic E-state index is 13.7. The zero-order chi connectivity index (χ0) is 26.1. The molecule has 3 aromatic rings. The second kappa shape index (κ2) is 10.8. The average molecular weight is 526 g/mol. The molecule has 2 aliphatic rings. The minimum Gasteiger partial charge on any atom is -0.493 e. The van der Waals surface area contributed by atoms with Crippen molar-refractivity contribution in [2.45, 2.75) is 51.6 Å². The van der Waals surface area contributed by atoms with E-state index in [1.165, 1.54) is 0 Å². The van der Waals surface area contributed by atoms with Gasteiger partial charge in [-0.3, -0.25) is 4.79 Å². The van der Waals surface area contributed by atoms with E-state index in [1.54, 1.807) is 23.1 Å². The minimum atomic E-state index is -0.238. The lowest BCUT2D eigenvalue weighted by Crippen LogP contribution is -2.31. The highest BCUT2D eigenvalue weighted by Crippen LogP contribution is 2.32. The summed E-state index contributed by atoms with van der Waals surface area (Å²) in [6.07, 6.45) is 3.45. The summed E-state index contributed by atoms with van der Waals surface area (Å²) in [5.41, 5.74) is 8.26. The molecule has 1 saturated heterocycles. The van der Waals surface area contributed by atoms with E-state index in [0.29, 0.717) is 29.4 Å². The zero-order valence-electron chi connectivity index (χ0n) is 21.9. The number of nitrogens with two attached hydrogens (primary N) is 1. The zero-order valence-corrected chi connectivity index (χ0v) is 22.6. The van der Waals surface area contributed by atoms with Crippen LogP contribution in [0, 0.1) is 0 Å². The van der Waals surface area contributed by atoms with Crippen molar-refractivity contribution in [3.8, 4) is 5.75 Å². The Labute approximate surface area is 223 Å². The molecule has 2 atom stereocenters. The quantitative estimate of drug-likeness (QED) is 0.549. The predicted octanol–water partition coefficient (Wildman–Crippen LogP) is 4.14. The Morgan fingerprint density at radius 2 is 2.00 bits per heavy atom. The van der Waals surface area contributed by atoms with Crippen molar-refractivity contribution < 1.29 is 9.53 Å². The lowest BCUT2D eigenvalue weighted by Gasteiger charge is -2.27. The maximum absolute atomic E-state index is 13.7. The summed E-state index contributed by atoms with van der Waals surface area (Å²) in [5, 5.41) is 5.52. The van der Waals surface area contributed by atoms with Gasteiger partial charge in [-0.15, -0.1) is 0 Å². The number of hydrogen-bond acceptors (Lipinski definition) is 7. The van der Waals surface area contributed by atoms with Gasteiger partial charge in [-0.1, -0.05) is 18.5 Å². The summed E-state index contributed by atoms with van der Waals surface area (Å²) in [6, 6.07) is 9.30. The molecule has 2 aliphatic heterocycles. The van der Waals surface area contributed by atoms with Crippen LogP contribution in [0.5, 0.6) is 5.75 Å². The molecule has 4 heterocycles. The Bertz CT molecular complexity index is 1280. The first-order valence-electron chi connectivity index (χ1n) is 13.2. The molecular weight excluding hydrogens is 490 g/mol. The van der Waals surface area contributed by atoms with Crippen LogP contribution in [-0.4, -0.2) is 71.3 Å². The van der Waals surface area contributed by atoms with Crippen molar-refractivity contribution >= 4 is 34.8 Å². The molecule has 198 valence electrons. The van der Waals surface area contributed by atoms with Crippen LogP contribution in [0.4, 0.5) is 11.6 Å². The molecule has 0 radical (unpaired) electrons. The third-order valence-electron chi connectivity index (χ3n) is 7.44. The topological polar surface area (TPSA) is 92.2 Å². The number of nitrogens with zero attached hydrogens (tertiary/aromatic N) is 6. The first-order chi connectivity index (χ1) is 17.9. The van der Waals surface area contributed by atoms with Crippen molar-refractivity contribution in [2.24, 2.45) is 5.73 Å². The summed E-state index contributed by atoms with van der Waals surface area (Å²) in [6.45, 7) is 8.13. The summed E-state index contributed by atoms with van der Waals surface area (Å²) in [7, 11) is 1.81. The van der Waals surface area contributed by atoms with Crippen LogP contribution in [0.25, 0.3) is 5.65 Å². The summed E-state index contributed by atoms with van der Waals surface area (Å²) >= 11 is 6.28. The number of carbonyl (C=O) groups excluding carboxylic acids is 1. The Morgan fingerprint density at radius 3 is 2.73 bits per heavy atom. The number of aromatic nitrogens is 3. The number of benzene rings is 1. The fraction of sp³-hybridized carbons (Fsp3) is 0.519. The lowest BCUT2D eigenvalue weighted by molar-refractivity contribution is 0.0718. The van der Waals surface area contributed by atoms with Crippen LogP contribution in [0.3, 0.4) is 0 Å². The molecule has 0 aliphatic carbocycles. The first kappa shape index (κ1) is 25.6. The summed E-state index contributed by atoms with van der Waals surface area (Å²) < 4.78 is 8.01. The molecule has 1 fully saturated rings. The standard InChI is InChI=1S/C27H36ClN7O2/c1-4-22-21-15-25-30-24(34-12-10-19(29)17-34)16-26(35(25)31-21)33(5-2)11-6-7-13-37-23-9-8-18(28)14-20(23)27(36)32(22)3/h8-9,14-16,19,22H,4-7,10-13,17,29H2,1-3H3/t19-,22?/m0/s1. The largest absolute Gasteiger partial charge is 0.493 e. The van der Waals surface area contributed by atoms with Crippen molar-refractivity contribution in [2.75, 3.05) is 49.6 Å². The predicted molar refractivity (Wildman–Crippen MR) is 147 cm³/mol. The van der Waals surface area contributed by atoms with Crippen LogP contribution in [-0.2, 0) is 0 Å². The van der Waals surface area contributed by atoms with Gasteiger partial charge >= 0.3 is 0 Å². The molecule has 1 aromatic carbocycles. The Kier molecular flexibility index (Phi) is 7.44. The number of amides is 1. The minimum absolute atomic E-state index is 0.147. The van der Waals surface area contributed by atoms with Crippen LogP contribution in [0.2, 0.25) is 5.02 Å². The molecule has 2 bridgehead atoms. The number of carbonyl (C=O) groups is 1. The van der Waals surface area contributed by atoms with E-state index in [1.807, 2.05) is 17.6 Å². The third kappa shape index (κ3) is 5.07. The van der Waals surface area contributed by atoms with E-state index in [-0.39, 0.29) is 18.0 Å². The SMILES string of the molecule is CCC1c2cc3nc(N4CC[C@H](N)C4)cc(n3n2)N(CC)CCCCOc2ccc(Cl)cc2C(=O)N1C. The molecule has 5 rings (SSSR count). The first-order valence-corrected chi connectivity index (χ1v) is 13.6. The number of halogens is 1. The molecule has 37 heavy (non-hydrogen) atoms. The molecule has 9 nitrogen and oxygen atoms in total. The molecule has 10 heteroatoms. The third-order valence-corrected chi connectivity index (χ3v) is 7.67. The second-order valence-electron chi connectivity index (χ2n) is 9.92. The fourth-order valence-electron chi connectivity index (χ4n) is 5.34. The Hall–Kier alpha value is -3.04. The van der Waals surface area contributed by atoms with Gasteiger partial charge in [0, 0.05) is 56.4 Å².